The number of hydrogen-bond acceptors (Lipinski definition) is 4. The van der Waals surface area contributed by atoms with Gasteiger partial charge in [-0.15, -0.1) is 0 Å². The van der Waals surface area contributed by atoms with Gasteiger partial charge in [-0.25, -0.2) is 4.39 Å². The molecule has 0 radical (unpaired) electrons. The maximum atomic E-state index is 13.5. The van der Waals surface area contributed by atoms with E-state index in [4.69, 9.17) is 9.47 Å². The number of Topliss-reactive ketones (excluding diaryl/α,β-unsaturated/α-hetero) is 1. The van der Waals surface area contributed by atoms with Crippen LogP contribution in [-0.2, 0) is 4.74 Å². The lowest BCUT2D eigenvalue weighted by Crippen LogP contribution is -2.26. The predicted octanol–water partition coefficient (Wildman–Crippen LogP) is 8.78. The number of rotatable bonds is 12. The molecular formula is C36H40FNO3. The molecule has 2 heterocycles. The fourth-order valence-electron chi connectivity index (χ4n) is 5.37. The summed E-state index contributed by atoms with van der Waals surface area (Å²) in [5.41, 5.74) is 9.79. The summed E-state index contributed by atoms with van der Waals surface area (Å²) in [4.78, 5) is 12.5. The molecule has 0 saturated carbocycles. The molecule has 1 atom stereocenters. The summed E-state index contributed by atoms with van der Waals surface area (Å²) in [5, 5.41) is 3.25. The lowest BCUT2D eigenvalue weighted by atomic mass is 9.93. The summed E-state index contributed by atoms with van der Waals surface area (Å²) in [6.07, 6.45) is 7.35. The molecule has 3 aromatic carbocycles. The van der Waals surface area contributed by atoms with Crippen molar-refractivity contribution in [3.8, 4) is 16.9 Å². The molecule has 0 aromatic heterocycles. The summed E-state index contributed by atoms with van der Waals surface area (Å²) in [6, 6.07) is 20.6. The van der Waals surface area contributed by atoms with Crippen LogP contribution in [0, 0.1) is 6.92 Å². The third-order valence-corrected chi connectivity index (χ3v) is 8.11. The molecule has 214 valence electrons. The highest BCUT2D eigenvalue weighted by Gasteiger charge is 2.21. The van der Waals surface area contributed by atoms with E-state index in [1.165, 1.54) is 11.1 Å². The Bertz CT molecular complexity index is 1430. The zero-order valence-corrected chi connectivity index (χ0v) is 24.3. The first-order valence-electron chi connectivity index (χ1n) is 14.8. The second-order valence-electron chi connectivity index (χ2n) is 11.1. The van der Waals surface area contributed by atoms with Crippen molar-refractivity contribution in [1.29, 1.82) is 0 Å². The van der Waals surface area contributed by atoms with E-state index in [1.807, 2.05) is 37.4 Å². The Labute approximate surface area is 243 Å². The van der Waals surface area contributed by atoms with Gasteiger partial charge >= 0.3 is 0 Å². The van der Waals surface area contributed by atoms with Gasteiger partial charge in [-0.1, -0.05) is 61.5 Å². The summed E-state index contributed by atoms with van der Waals surface area (Å²) in [6.45, 7) is 7.60. The average molecular weight is 554 g/mol. The summed E-state index contributed by atoms with van der Waals surface area (Å²) in [5.74, 6) is 0.988. The molecule has 41 heavy (non-hydrogen) atoms. The minimum atomic E-state index is -0.815. The van der Waals surface area contributed by atoms with Gasteiger partial charge < -0.3 is 14.8 Å². The summed E-state index contributed by atoms with van der Waals surface area (Å²) in [7, 11) is 0. The Hall–Kier alpha value is -3.70. The molecule has 1 saturated heterocycles. The van der Waals surface area contributed by atoms with Gasteiger partial charge in [0, 0.05) is 36.6 Å². The first kappa shape index (κ1) is 28.8. The monoisotopic (exact) mass is 553 g/mol. The second kappa shape index (κ2) is 13.3. The molecule has 3 aromatic rings. The van der Waals surface area contributed by atoms with Crippen LogP contribution in [0.5, 0.6) is 5.75 Å². The summed E-state index contributed by atoms with van der Waals surface area (Å²) >= 11 is 0. The third kappa shape index (κ3) is 7.34. The topological polar surface area (TPSA) is 57.5 Å². The highest BCUT2D eigenvalue weighted by molar-refractivity contribution is 5.96. The van der Waals surface area contributed by atoms with Crippen molar-refractivity contribution in [1.82, 2.24) is 5.32 Å². The van der Waals surface area contributed by atoms with Crippen LogP contribution in [0.1, 0.15) is 85.0 Å². The smallest absolute Gasteiger partial charge is 0.162 e. The lowest BCUT2D eigenvalue weighted by Gasteiger charge is -2.24. The van der Waals surface area contributed by atoms with Crippen LogP contribution in [0.2, 0.25) is 0 Å². The zero-order chi connectivity index (χ0) is 28.8. The van der Waals surface area contributed by atoms with Gasteiger partial charge in [-0.3, -0.25) is 4.79 Å². The number of carbonyl (C=O) groups excluding carboxylic acids is 1. The third-order valence-electron chi connectivity index (χ3n) is 8.11. The molecule has 0 unspecified atom stereocenters. The van der Waals surface area contributed by atoms with Gasteiger partial charge in [0.25, 0.3) is 0 Å². The van der Waals surface area contributed by atoms with Crippen molar-refractivity contribution in [2.45, 2.75) is 71.6 Å². The maximum Gasteiger partial charge on any atom is 0.162 e. The maximum absolute atomic E-state index is 13.5. The highest BCUT2D eigenvalue weighted by atomic mass is 19.1. The Morgan fingerprint density at radius 1 is 1.07 bits per heavy atom. The molecule has 1 fully saturated rings. The quantitative estimate of drug-likeness (QED) is 0.180. The minimum Gasteiger partial charge on any atom is -0.490 e. The first-order valence-corrected chi connectivity index (χ1v) is 14.8. The van der Waals surface area contributed by atoms with Crippen LogP contribution in [0.15, 0.2) is 66.9 Å². The molecule has 2 aliphatic heterocycles. The first-order chi connectivity index (χ1) is 19.9. The zero-order valence-electron chi connectivity index (χ0n) is 24.3. The van der Waals surface area contributed by atoms with Gasteiger partial charge in [-0.2, -0.15) is 0 Å². The van der Waals surface area contributed by atoms with E-state index in [0.29, 0.717) is 31.2 Å². The average Bonchev–Trinajstić information content (AvgIpc) is 3.84. The van der Waals surface area contributed by atoms with E-state index in [0.717, 1.165) is 65.3 Å². The summed E-state index contributed by atoms with van der Waals surface area (Å²) < 4.78 is 25.3. The molecule has 2 aliphatic rings. The normalized spacial score (nSPS) is 16.1. The van der Waals surface area contributed by atoms with Crippen molar-refractivity contribution >= 4 is 23.1 Å². The Balaban J connectivity index is 1.31. The molecule has 0 aliphatic carbocycles. The van der Waals surface area contributed by atoms with Crippen LogP contribution in [-0.4, -0.2) is 31.3 Å². The van der Waals surface area contributed by atoms with Crippen LogP contribution in [0.25, 0.3) is 28.5 Å². The molecule has 0 spiro atoms. The number of ketones is 1. The van der Waals surface area contributed by atoms with Gasteiger partial charge in [0.1, 0.15) is 11.9 Å². The molecule has 1 N–H and O–H groups in total. The van der Waals surface area contributed by atoms with Crippen molar-refractivity contribution in [2.75, 3.05) is 13.2 Å². The number of alkyl halides is 1. The molecule has 0 amide bonds. The number of ether oxygens (including phenoxy) is 2. The lowest BCUT2D eigenvalue weighted by molar-refractivity contribution is 0.0254. The largest absolute Gasteiger partial charge is 0.490 e. The van der Waals surface area contributed by atoms with Gasteiger partial charge in [0.15, 0.2) is 5.78 Å². The van der Waals surface area contributed by atoms with Crippen molar-refractivity contribution in [3.05, 3.63) is 94.7 Å². The van der Waals surface area contributed by atoms with Crippen LogP contribution in [0.3, 0.4) is 0 Å². The number of carbonyl (C=O) groups is 1. The number of halogens is 1. The van der Waals surface area contributed by atoms with E-state index in [-0.39, 0.29) is 11.9 Å². The fraction of sp³-hybridized carbons (Fsp3) is 0.361. The van der Waals surface area contributed by atoms with Crippen molar-refractivity contribution in [3.63, 3.8) is 0 Å². The second-order valence-corrected chi connectivity index (χ2v) is 11.1. The van der Waals surface area contributed by atoms with E-state index < -0.39 is 6.17 Å². The SMILES string of the molecule is CC[C@@H](F)CCCC(=O)c1ccc(/C(C)=C/c2cccc(-c3ccc(OC4CCOCC4)c(C4=CN4)c3)c2C)cc1. The molecule has 0 bridgehead atoms. The van der Waals surface area contributed by atoms with E-state index in [1.54, 1.807) is 0 Å². The van der Waals surface area contributed by atoms with Crippen LogP contribution in [0.4, 0.5) is 4.39 Å². The predicted molar refractivity (Wildman–Crippen MR) is 166 cm³/mol. The minimum absolute atomic E-state index is 0.0748. The molecule has 4 nitrogen and oxygen atoms in total. The Kier molecular flexibility index (Phi) is 9.35. The number of allylic oxidation sites excluding steroid dienone is 1. The number of hydrogen-bond donors (Lipinski definition) is 1. The van der Waals surface area contributed by atoms with Gasteiger partial charge in [-0.05, 0) is 78.6 Å². The van der Waals surface area contributed by atoms with Crippen LogP contribution < -0.4 is 10.1 Å². The molecule has 5 heteroatoms. The molecule has 5 rings (SSSR count). The number of nitrogens with one attached hydrogen (secondary N) is 1. The standard InChI is InChI=1S/C36H40FNO3/c1-4-30(37)8-6-10-35(39)27-13-11-26(12-14-27)24(2)21-28-7-5-9-32(25(28)3)29-15-16-36(33(22-29)34-23-38-34)41-31-17-19-40-20-18-31/h5,7,9,11-16,21-23,30-31,38H,4,6,8,10,17-20H2,1-3H3/b24-21+/t30-/m1/s1. The number of benzene rings is 3. The van der Waals surface area contributed by atoms with Crippen molar-refractivity contribution < 1.29 is 18.7 Å². The van der Waals surface area contributed by atoms with Crippen LogP contribution >= 0.6 is 0 Å². The highest BCUT2D eigenvalue weighted by Crippen LogP contribution is 2.36. The van der Waals surface area contributed by atoms with Gasteiger partial charge in [0.2, 0.25) is 0 Å². The van der Waals surface area contributed by atoms with E-state index in [9.17, 15) is 9.18 Å². The Morgan fingerprint density at radius 3 is 2.51 bits per heavy atom. The van der Waals surface area contributed by atoms with Crippen molar-refractivity contribution in [2.24, 2.45) is 0 Å². The Morgan fingerprint density at radius 2 is 1.80 bits per heavy atom. The van der Waals surface area contributed by atoms with E-state index >= 15 is 0 Å². The fourth-order valence-corrected chi connectivity index (χ4v) is 5.37. The van der Waals surface area contributed by atoms with Gasteiger partial charge in [0.05, 0.1) is 25.1 Å². The molecular weight excluding hydrogens is 513 g/mol. The van der Waals surface area contributed by atoms with E-state index in [2.05, 4.69) is 61.6 Å².